The third-order valence-electron chi connectivity index (χ3n) is 8.59. The molecule has 1 aromatic carbocycles. The fourth-order valence-corrected chi connectivity index (χ4v) is 6.43. The third-order valence-corrected chi connectivity index (χ3v) is 8.59. The zero-order valence-electron chi connectivity index (χ0n) is 18.5. The molecular formula is C25H33FN2O3. The summed E-state index contributed by atoms with van der Waals surface area (Å²) in [7, 11) is 0. The lowest BCUT2D eigenvalue weighted by Crippen LogP contribution is -2.55. The van der Waals surface area contributed by atoms with Gasteiger partial charge in [0.1, 0.15) is 11.9 Å². The molecule has 1 saturated carbocycles. The predicted octanol–water partition coefficient (Wildman–Crippen LogP) is 3.23. The maximum atomic E-state index is 14.1. The molecule has 2 aliphatic carbocycles. The van der Waals surface area contributed by atoms with Crippen molar-refractivity contribution >= 4 is 11.7 Å². The number of halogens is 1. The summed E-state index contributed by atoms with van der Waals surface area (Å²) < 4.78 is 19.9. The molecule has 0 amide bonds. The number of piperazine rings is 1. The summed E-state index contributed by atoms with van der Waals surface area (Å²) in [6.45, 7) is 7.99. The molecule has 2 heterocycles. The number of allylic oxidation sites excluding steroid dienone is 1. The summed E-state index contributed by atoms with van der Waals surface area (Å²) in [5.74, 6) is -0.417. The van der Waals surface area contributed by atoms with Gasteiger partial charge in [-0.2, -0.15) is 0 Å². The van der Waals surface area contributed by atoms with Crippen LogP contribution in [0.1, 0.15) is 33.1 Å². The Morgan fingerprint density at radius 3 is 2.71 bits per heavy atom. The highest BCUT2D eigenvalue weighted by atomic mass is 19.1. The van der Waals surface area contributed by atoms with Gasteiger partial charge < -0.3 is 14.7 Å². The number of anilines is 1. The predicted molar refractivity (Wildman–Crippen MR) is 117 cm³/mol. The number of rotatable bonds is 3. The number of benzene rings is 1. The van der Waals surface area contributed by atoms with Crippen LogP contribution in [0.5, 0.6) is 0 Å². The van der Waals surface area contributed by atoms with E-state index in [9.17, 15) is 14.3 Å². The molecule has 5 rings (SSSR count). The summed E-state index contributed by atoms with van der Waals surface area (Å²) in [6, 6.07) is 6.89. The van der Waals surface area contributed by atoms with E-state index in [0.717, 1.165) is 45.4 Å². The van der Waals surface area contributed by atoms with Crippen LogP contribution < -0.4 is 4.90 Å². The average Bonchev–Trinajstić information content (AvgIpc) is 3.06. The van der Waals surface area contributed by atoms with Gasteiger partial charge >= 0.3 is 5.97 Å². The second kappa shape index (κ2) is 7.89. The molecule has 31 heavy (non-hydrogen) atoms. The molecular weight excluding hydrogens is 395 g/mol. The largest absolute Gasteiger partial charge is 0.461 e. The molecule has 3 fully saturated rings. The van der Waals surface area contributed by atoms with Crippen molar-refractivity contribution in [3.05, 3.63) is 41.7 Å². The van der Waals surface area contributed by atoms with Crippen LogP contribution in [-0.2, 0) is 9.53 Å². The van der Waals surface area contributed by atoms with Crippen LogP contribution in [0.15, 0.2) is 35.9 Å². The summed E-state index contributed by atoms with van der Waals surface area (Å²) in [4.78, 5) is 17.2. The number of aliphatic hydroxyl groups excluding tert-OH is 1. The van der Waals surface area contributed by atoms with Crippen LogP contribution in [0, 0.1) is 29.0 Å². The van der Waals surface area contributed by atoms with Gasteiger partial charge in [0.15, 0.2) is 0 Å². The van der Waals surface area contributed by atoms with Crippen LogP contribution in [0.25, 0.3) is 0 Å². The van der Waals surface area contributed by atoms with Crippen molar-refractivity contribution in [1.82, 2.24) is 4.90 Å². The number of esters is 1. The fourth-order valence-electron chi connectivity index (χ4n) is 6.43. The second-order valence-electron chi connectivity index (χ2n) is 10.0. The molecule has 168 valence electrons. The van der Waals surface area contributed by atoms with Crippen molar-refractivity contribution < 1.29 is 19.0 Å². The quantitative estimate of drug-likeness (QED) is 0.592. The average molecular weight is 429 g/mol. The smallest absolute Gasteiger partial charge is 0.311 e. The van der Waals surface area contributed by atoms with E-state index >= 15 is 0 Å². The molecule has 2 aliphatic heterocycles. The van der Waals surface area contributed by atoms with Gasteiger partial charge in [-0.3, -0.25) is 9.69 Å². The first-order chi connectivity index (χ1) is 14.9. The fraction of sp³-hybridized carbons (Fsp3) is 0.640. The van der Waals surface area contributed by atoms with Crippen LogP contribution in [0.2, 0.25) is 0 Å². The molecule has 0 radical (unpaired) electrons. The van der Waals surface area contributed by atoms with Gasteiger partial charge in [0.05, 0.1) is 17.7 Å². The Labute approximate surface area is 183 Å². The molecule has 0 spiro atoms. The van der Waals surface area contributed by atoms with Crippen LogP contribution >= 0.6 is 0 Å². The van der Waals surface area contributed by atoms with Gasteiger partial charge in [0, 0.05) is 50.5 Å². The molecule has 0 aromatic heterocycles. The van der Waals surface area contributed by atoms with Gasteiger partial charge in [0.25, 0.3) is 0 Å². The van der Waals surface area contributed by atoms with Crippen LogP contribution in [0.4, 0.5) is 10.1 Å². The van der Waals surface area contributed by atoms with Gasteiger partial charge in [-0.05, 0) is 30.9 Å². The first kappa shape index (κ1) is 21.0. The minimum Gasteiger partial charge on any atom is -0.461 e. The normalized spacial score (nSPS) is 38.3. The molecule has 6 heteroatoms. The van der Waals surface area contributed by atoms with E-state index in [0.29, 0.717) is 18.2 Å². The Morgan fingerprint density at radius 2 is 1.97 bits per heavy atom. The topological polar surface area (TPSA) is 53.0 Å². The molecule has 5 nitrogen and oxygen atoms in total. The van der Waals surface area contributed by atoms with E-state index in [4.69, 9.17) is 4.74 Å². The molecule has 0 unspecified atom stereocenters. The second-order valence-corrected chi connectivity index (χ2v) is 10.0. The monoisotopic (exact) mass is 428 g/mol. The van der Waals surface area contributed by atoms with E-state index in [1.54, 1.807) is 6.07 Å². The van der Waals surface area contributed by atoms with Crippen molar-refractivity contribution in [1.29, 1.82) is 0 Å². The van der Waals surface area contributed by atoms with Crippen molar-refractivity contribution in [2.45, 2.75) is 45.3 Å². The standard InChI is InChI=1S/C25H33FN2O3/c1-16-6-5-7-17-14-21-22(23(29)25(16,17)2)18(24(30)31-21)15-27-10-12-28(13-11-27)20-9-4-3-8-19(20)26/h3-4,7-9,16,18,21-23,29H,5-6,10-15H2,1-2H3/t16-,18+,21+,22-,23+,25+/m0/s1. The van der Waals surface area contributed by atoms with E-state index in [1.165, 1.54) is 11.6 Å². The van der Waals surface area contributed by atoms with Crippen molar-refractivity contribution in [2.75, 3.05) is 37.6 Å². The number of aliphatic hydroxyl groups is 1. The van der Waals surface area contributed by atoms with E-state index in [2.05, 4.69) is 29.7 Å². The Morgan fingerprint density at radius 1 is 1.23 bits per heavy atom. The van der Waals surface area contributed by atoms with Gasteiger partial charge in [-0.15, -0.1) is 0 Å². The number of carbonyl (C=O) groups is 1. The lowest BCUT2D eigenvalue weighted by molar-refractivity contribution is -0.145. The van der Waals surface area contributed by atoms with Crippen LogP contribution in [-0.4, -0.2) is 60.9 Å². The van der Waals surface area contributed by atoms with Crippen molar-refractivity contribution in [3.8, 4) is 0 Å². The van der Waals surface area contributed by atoms with Crippen molar-refractivity contribution in [3.63, 3.8) is 0 Å². The van der Waals surface area contributed by atoms with E-state index < -0.39 is 6.10 Å². The number of ether oxygens (including phenoxy) is 1. The highest BCUT2D eigenvalue weighted by Gasteiger charge is 2.59. The lowest BCUT2D eigenvalue weighted by atomic mass is 9.55. The first-order valence-electron chi connectivity index (χ1n) is 11.7. The number of hydrogen-bond acceptors (Lipinski definition) is 5. The number of carbonyl (C=O) groups excluding carboxylic acids is 1. The number of fused-ring (bicyclic) bond motifs is 2. The SMILES string of the molecule is C[C@H]1CCC=C2C[C@H]3OC(=O)[C@H](CN4CCN(c5ccccc5F)CC4)[C@@H]3[C@@H](O)[C@@]21C. The summed E-state index contributed by atoms with van der Waals surface area (Å²) in [5, 5.41) is 11.5. The molecule has 0 bridgehead atoms. The number of para-hydroxylation sites is 1. The third kappa shape index (κ3) is 3.39. The molecule has 6 atom stereocenters. The lowest BCUT2D eigenvalue weighted by Gasteiger charge is -2.52. The molecule has 1 aromatic rings. The Bertz CT molecular complexity index is 881. The van der Waals surface area contributed by atoms with Gasteiger partial charge in [-0.25, -0.2) is 4.39 Å². The maximum Gasteiger partial charge on any atom is 0.311 e. The summed E-state index contributed by atoms with van der Waals surface area (Å²) in [5.41, 5.74) is 1.64. The zero-order chi connectivity index (χ0) is 21.8. The summed E-state index contributed by atoms with van der Waals surface area (Å²) in [6.07, 6.45) is 4.36. The Kier molecular flexibility index (Phi) is 5.33. The molecule has 2 saturated heterocycles. The van der Waals surface area contributed by atoms with Gasteiger partial charge in [-0.1, -0.05) is 37.6 Å². The van der Waals surface area contributed by atoms with E-state index in [1.807, 2.05) is 12.1 Å². The zero-order valence-corrected chi connectivity index (χ0v) is 18.5. The molecule has 4 aliphatic rings. The summed E-state index contributed by atoms with van der Waals surface area (Å²) >= 11 is 0. The minimum atomic E-state index is -0.566. The Hall–Kier alpha value is -1.92. The highest BCUT2D eigenvalue weighted by Crippen LogP contribution is 2.56. The Balaban J connectivity index is 1.28. The van der Waals surface area contributed by atoms with Crippen LogP contribution in [0.3, 0.4) is 0 Å². The minimum absolute atomic E-state index is 0.153. The molecule has 1 N–H and O–H groups in total. The van der Waals surface area contributed by atoms with Gasteiger partial charge in [0.2, 0.25) is 0 Å². The van der Waals surface area contributed by atoms with E-state index in [-0.39, 0.29) is 35.1 Å². The van der Waals surface area contributed by atoms with Crippen molar-refractivity contribution in [2.24, 2.45) is 23.2 Å². The first-order valence-corrected chi connectivity index (χ1v) is 11.7. The highest BCUT2D eigenvalue weighted by molar-refractivity contribution is 5.76. The number of nitrogens with zero attached hydrogens (tertiary/aromatic N) is 2. The maximum absolute atomic E-state index is 14.1. The number of hydrogen-bond donors (Lipinski definition) is 1.